The van der Waals surface area contributed by atoms with E-state index in [9.17, 15) is 13.2 Å². The van der Waals surface area contributed by atoms with Gasteiger partial charge in [0.1, 0.15) is 6.04 Å². The van der Waals surface area contributed by atoms with Gasteiger partial charge in [0.05, 0.1) is 11.9 Å². The number of benzene rings is 2. The first kappa shape index (κ1) is 21.5. The Hall–Kier alpha value is -2.25. The monoisotopic (exact) mass is 435 g/mol. The Labute approximate surface area is 177 Å². The van der Waals surface area contributed by atoms with Gasteiger partial charge >= 0.3 is 0 Å². The Morgan fingerprint density at radius 2 is 1.76 bits per heavy atom. The van der Waals surface area contributed by atoms with Crippen LogP contribution in [0.1, 0.15) is 26.2 Å². The van der Waals surface area contributed by atoms with Crippen molar-refractivity contribution in [2.45, 2.75) is 32.2 Å². The van der Waals surface area contributed by atoms with Crippen molar-refractivity contribution < 1.29 is 13.2 Å². The summed E-state index contributed by atoms with van der Waals surface area (Å²) in [5.41, 5.74) is 2.11. The highest BCUT2D eigenvalue weighted by molar-refractivity contribution is 7.92. The minimum Gasteiger partial charge on any atom is -0.372 e. The molecular formula is C21H26ClN3O3S. The van der Waals surface area contributed by atoms with Crippen LogP contribution in [0.3, 0.4) is 0 Å². The maximum absolute atomic E-state index is 12.8. The molecule has 156 valence electrons. The van der Waals surface area contributed by atoms with Crippen molar-refractivity contribution in [3.8, 4) is 0 Å². The number of carbonyl (C=O) groups is 1. The van der Waals surface area contributed by atoms with Crippen molar-refractivity contribution in [1.82, 2.24) is 0 Å². The number of piperidine rings is 1. The maximum Gasteiger partial charge on any atom is 0.247 e. The lowest BCUT2D eigenvalue weighted by Crippen LogP contribution is -2.45. The van der Waals surface area contributed by atoms with E-state index in [2.05, 4.69) is 10.2 Å². The van der Waals surface area contributed by atoms with Gasteiger partial charge in [-0.15, -0.1) is 0 Å². The number of rotatable bonds is 6. The van der Waals surface area contributed by atoms with Crippen LogP contribution < -0.4 is 14.5 Å². The lowest BCUT2D eigenvalue weighted by Gasteiger charge is -2.29. The summed E-state index contributed by atoms with van der Waals surface area (Å²) in [6.45, 7) is 3.65. The summed E-state index contributed by atoms with van der Waals surface area (Å²) in [4.78, 5) is 15.1. The van der Waals surface area contributed by atoms with E-state index in [1.165, 1.54) is 25.3 Å². The van der Waals surface area contributed by atoms with Gasteiger partial charge in [-0.25, -0.2) is 8.42 Å². The van der Waals surface area contributed by atoms with Crippen LogP contribution in [0.2, 0.25) is 5.02 Å². The van der Waals surface area contributed by atoms with Gasteiger partial charge in [-0.3, -0.25) is 9.10 Å². The molecule has 1 amide bonds. The Balaban J connectivity index is 1.74. The van der Waals surface area contributed by atoms with Crippen molar-refractivity contribution >= 4 is 44.6 Å². The summed E-state index contributed by atoms with van der Waals surface area (Å²) in [5, 5.41) is 3.21. The molecule has 6 nitrogen and oxygen atoms in total. The number of halogens is 1. The van der Waals surface area contributed by atoms with Gasteiger partial charge in [0.2, 0.25) is 15.9 Å². The summed E-state index contributed by atoms with van der Waals surface area (Å²) in [7, 11) is -3.69. The molecule has 0 saturated carbocycles. The third kappa shape index (κ3) is 5.42. The molecule has 8 heteroatoms. The molecule has 2 aromatic carbocycles. The van der Waals surface area contributed by atoms with E-state index < -0.39 is 22.0 Å². The molecule has 0 radical (unpaired) electrons. The summed E-state index contributed by atoms with van der Waals surface area (Å²) in [6.07, 6.45) is 4.73. The van der Waals surface area contributed by atoms with Gasteiger partial charge in [0, 0.05) is 29.5 Å². The van der Waals surface area contributed by atoms with Crippen LogP contribution in [-0.2, 0) is 14.8 Å². The fraction of sp³-hybridized carbons (Fsp3) is 0.381. The van der Waals surface area contributed by atoms with Crippen LogP contribution in [0.4, 0.5) is 17.1 Å². The minimum absolute atomic E-state index is 0.350. The normalized spacial score (nSPS) is 15.6. The number of hydrogen-bond acceptors (Lipinski definition) is 4. The smallest absolute Gasteiger partial charge is 0.247 e. The molecule has 1 aliphatic heterocycles. The summed E-state index contributed by atoms with van der Waals surface area (Å²) in [6, 6.07) is 13.2. The molecule has 3 rings (SSSR count). The first-order valence-corrected chi connectivity index (χ1v) is 11.9. The minimum atomic E-state index is -3.69. The van der Waals surface area contributed by atoms with Crippen molar-refractivity contribution in [1.29, 1.82) is 0 Å². The number of anilines is 3. The second-order valence-corrected chi connectivity index (χ2v) is 9.59. The lowest BCUT2D eigenvalue weighted by atomic mass is 10.1. The molecule has 1 N–H and O–H groups in total. The predicted molar refractivity (Wildman–Crippen MR) is 119 cm³/mol. The highest BCUT2D eigenvalue weighted by Gasteiger charge is 2.29. The van der Waals surface area contributed by atoms with E-state index in [-0.39, 0.29) is 0 Å². The molecule has 1 heterocycles. The van der Waals surface area contributed by atoms with Crippen LogP contribution in [0.25, 0.3) is 0 Å². The predicted octanol–water partition coefficient (Wildman–Crippen LogP) is 4.12. The van der Waals surface area contributed by atoms with Crippen LogP contribution >= 0.6 is 11.6 Å². The van der Waals surface area contributed by atoms with E-state index in [1.54, 1.807) is 25.1 Å². The third-order valence-electron chi connectivity index (χ3n) is 5.01. The molecule has 1 atom stereocenters. The maximum atomic E-state index is 12.8. The molecule has 29 heavy (non-hydrogen) atoms. The summed E-state index contributed by atoms with van der Waals surface area (Å²) < 4.78 is 25.8. The number of carbonyl (C=O) groups excluding carboxylic acids is 1. The molecule has 0 bridgehead atoms. The molecule has 0 spiro atoms. The van der Waals surface area contributed by atoms with E-state index in [4.69, 9.17) is 11.6 Å². The zero-order chi connectivity index (χ0) is 21.0. The molecule has 0 unspecified atom stereocenters. The largest absolute Gasteiger partial charge is 0.372 e. The van der Waals surface area contributed by atoms with Crippen LogP contribution in [0.5, 0.6) is 0 Å². The highest BCUT2D eigenvalue weighted by atomic mass is 35.5. The van der Waals surface area contributed by atoms with Gasteiger partial charge in [-0.1, -0.05) is 17.7 Å². The zero-order valence-corrected chi connectivity index (χ0v) is 18.2. The lowest BCUT2D eigenvalue weighted by molar-refractivity contribution is -0.116. The SMILES string of the molecule is C[C@H](C(=O)Nc1ccc(N2CCCCC2)cc1)N(c1cccc(Cl)c1)S(C)(=O)=O. The van der Waals surface area contributed by atoms with Crippen LogP contribution in [0.15, 0.2) is 48.5 Å². The fourth-order valence-electron chi connectivity index (χ4n) is 3.58. The quantitative estimate of drug-likeness (QED) is 0.740. The molecule has 1 aliphatic rings. The summed E-state index contributed by atoms with van der Waals surface area (Å²) in [5.74, 6) is -0.416. The molecule has 1 fully saturated rings. The van der Waals surface area contributed by atoms with E-state index in [1.807, 2.05) is 24.3 Å². The second kappa shape index (κ2) is 9.05. The number of amides is 1. The van der Waals surface area contributed by atoms with Gasteiger partial charge < -0.3 is 10.2 Å². The first-order chi connectivity index (χ1) is 13.8. The topological polar surface area (TPSA) is 69.7 Å². The van der Waals surface area contributed by atoms with E-state index in [0.717, 1.165) is 29.3 Å². The number of nitrogens with one attached hydrogen (secondary N) is 1. The summed E-state index contributed by atoms with van der Waals surface area (Å²) >= 11 is 6.01. The highest BCUT2D eigenvalue weighted by Crippen LogP contribution is 2.25. The number of sulfonamides is 1. The molecule has 1 saturated heterocycles. The fourth-order valence-corrected chi connectivity index (χ4v) is 4.93. The van der Waals surface area contributed by atoms with Crippen molar-refractivity contribution in [2.75, 3.05) is 33.9 Å². The van der Waals surface area contributed by atoms with E-state index >= 15 is 0 Å². The van der Waals surface area contributed by atoms with Crippen molar-refractivity contribution in [3.63, 3.8) is 0 Å². The van der Waals surface area contributed by atoms with Gasteiger partial charge in [-0.05, 0) is 68.7 Å². The average molecular weight is 436 g/mol. The average Bonchev–Trinajstić information content (AvgIpc) is 2.68. The second-order valence-electron chi connectivity index (χ2n) is 7.30. The zero-order valence-electron chi connectivity index (χ0n) is 16.6. The molecule has 0 aromatic heterocycles. The standard InChI is InChI=1S/C21H26ClN3O3S/c1-16(25(29(2,27)28)20-8-6-7-17(22)15-20)21(26)23-18-9-11-19(12-10-18)24-13-4-3-5-14-24/h6-12,15-16H,3-5,13-14H2,1-2H3,(H,23,26)/t16-/m1/s1. The molecule has 0 aliphatic carbocycles. The Bertz CT molecular complexity index is 957. The first-order valence-electron chi connectivity index (χ1n) is 9.66. The van der Waals surface area contributed by atoms with Gasteiger partial charge in [-0.2, -0.15) is 0 Å². The van der Waals surface area contributed by atoms with Crippen molar-refractivity contribution in [2.24, 2.45) is 0 Å². The van der Waals surface area contributed by atoms with Crippen LogP contribution in [0, 0.1) is 0 Å². The third-order valence-corrected chi connectivity index (χ3v) is 6.48. The van der Waals surface area contributed by atoms with Crippen LogP contribution in [-0.4, -0.2) is 39.7 Å². The Morgan fingerprint density at radius 3 is 2.34 bits per heavy atom. The number of nitrogens with zero attached hydrogens (tertiary/aromatic N) is 2. The number of hydrogen-bond donors (Lipinski definition) is 1. The van der Waals surface area contributed by atoms with Gasteiger partial charge in [0.15, 0.2) is 0 Å². The Morgan fingerprint density at radius 1 is 1.10 bits per heavy atom. The molecular weight excluding hydrogens is 410 g/mol. The van der Waals surface area contributed by atoms with E-state index in [0.29, 0.717) is 16.4 Å². The van der Waals surface area contributed by atoms with Gasteiger partial charge in [0.25, 0.3) is 0 Å². The van der Waals surface area contributed by atoms with Crippen molar-refractivity contribution in [3.05, 3.63) is 53.6 Å². The molecule has 2 aromatic rings. The Kier molecular flexibility index (Phi) is 6.70.